The zero-order valence-electron chi connectivity index (χ0n) is 14.2. The molecule has 1 amide bonds. The van der Waals surface area contributed by atoms with E-state index in [1.54, 1.807) is 18.2 Å². The van der Waals surface area contributed by atoms with E-state index in [0.717, 1.165) is 16.8 Å². The molecule has 0 saturated carbocycles. The third kappa shape index (κ3) is 4.01. The van der Waals surface area contributed by atoms with Gasteiger partial charge in [0.25, 0.3) is 5.91 Å². The fourth-order valence-electron chi connectivity index (χ4n) is 2.61. The first-order valence-corrected chi connectivity index (χ1v) is 9.53. The molecule has 0 aliphatic carbocycles. The number of sulfonamides is 1. The van der Waals surface area contributed by atoms with Crippen LogP contribution < -0.4 is 10.5 Å². The van der Waals surface area contributed by atoms with E-state index in [-0.39, 0.29) is 17.3 Å². The second-order valence-electron chi connectivity index (χ2n) is 5.96. The van der Waals surface area contributed by atoms with Gasteiger partial charge in [-0.25, -0.2) is 13.6 Å². The van der Waals surface area contributed by atoms with Crippen molar-refractivity contribution in [2.24, 2.45) is 5.14 Å². The van der Waals surface area contributed by atoms with Crippen LogP contribution in [0.25, 0.3) is 5.69 Å². The first-order chi connectivity index (χ1) is 12.3. The average Bonchev–Trinajstić information content (AvgIpc) is 3.14. The minimum absolute atomic E-state index is 0.0440. The Morgan fingerprint density at radius 2 is 1.73 bits per heavy atom. The number of carbonyl (C=O) groups is 1. The molecular formula is C19H19N3O3S. The van der Waals surface area contributed by atoms with Crippen LogP contribution in [0.1, 0.15) is 21.5 Å². The molecular weight excluding hydrogens is 350 g/mol. The fraction of sp³-hybridized carbons (Fsp3) is 0.105. The molecule has 0 unspecified atom stereocenters. The summed E-state index contributed by atoms with van der Waals surface area (Å²) in [5, 5.41) is 7.91. The number of rotatable bonds is 5. The molecule has 0 aliphatic heterocycles. The number of hydrogen-bond donors (Lipinski definition) is 2. The number of nitrogens with zero attached hydrogens (tertiary/aromatic N) is 1. The summed E-state index contributed by atoms with van der Waals surface area (Å²) < 4.78 is 24.5. The third-order valence-electron chi connectivity index (χ3n) is 4.06. The fourth-order valence-corrected chi connectivity index (χ4v) is 3.12. The van der Waals surface area contributed by atoms with Crippen LogP contribution in [0.15, 0.2) is 71.9 Å². The van der Waals surface area contributed by atoms with Gasteiger partial charge in [0.15, 0.2) is 0 Å². The highest BCUT2D eigenvalue weighted by Gasteiger charge is 2.10. The van der Waals surface area contributed by atoms with Crippen molar-refractivity contribution in [3.05, 3.63) is 83.7 Å². The van der Waals surface area contributed by atoms with Gasteiger partial charge in [0.05, 0.1) is 4.90 Å². The molecule has 2 aromatic carbocycles. The van der Waals surface area contributed by atoms with Crippen molar-refractivity contribution in [3.8, 4) is 5.69 Å². The highest BCUT2D eigenvalue weighted by atomic mass is 32.2. The van der Waals surface area contributed by atoms with E-state index in [1.165, 1.54) is 12.1 Å². The lowest BCUT2D eigenvalue weighted by Gasteiger charge is -2.11. The normalized spacial score (nSPS) is 11.3. The maximum Gasteiger partial charge on any atom is 0.251 e. The molecule has 1 heterocycles. The van der Waals surface area contributed by atoms with Gasteiger partial charge in [0.2, 0.25) is 10.0 Å². The number of amides is 1. The number of primary sulfonamides is 1. The Labute approximate surface area is 152 Å². The van der Waals surface area contributed by atoms with E-state index >= 15 is 0 Å². The molecule has 0 spiro atoms. The van der Waals surface area contributed by atoms with E-state index in [0.29, 0.717) is 5.56 Å². The van der Waals surface area contributed by atoms with Crippen LogP contribution >= 0.6 is 0 Å². The number of aryl methyl sites for hydroxylation is 1. The molecule has 26 heavy (non-hydrogen) atoms. The minimum Gasteiger partial charge on any atom is -0.348 e. The first-order valence-electron chi connectivity index (χ1n) is 7.98. The van der Waals surface area contributed by atoms with Gasteiger partial charge in [-0.05, 0) is 54.4 Å². The Balaban J connectivity index is 1.72. The molecule has 0 atom stereocenters. The second kappa shape index (κ2) is 7.15. The van der Waals surface area contributed by atoms with Gasteiger partial charge in [-0.3, -0.25) is 4.79 Å². The Hall–Kier alpha value is -2.90. The van der Waals surface area contributed by atoms with Crippen LogP contribution in [-0.4, -0.2) is 18.9 Å². The summed E-state index contributed by atoms with van der Waals surface area (Å²) in [6, 6.07) is 15.5. The summed E-state index contributed by atoms with van der Waals surface area (Å²) in [5.74, 6) is -0.200. The molecule has 134 valence electrons. The Kier molecular flexibility index (Phi) is 4.92. The van der Waals surface area contributed by atoms with E-state index in [4.69, 9.17) is 5.14 Å². The topological polar surface area (TPSA) is 94.2 Å². The average molecular weight is 369 g/mol. The molecule has 0 fully saturated rings. The van der Waals surface area contributed by atoms with Crippen molar-refractivity contribution in [3.63, 3.8) is 0 Å². The maximum atomic E-state index is 12.4. The Bertz CT molecular complexity index is 1020. The molecule has 0 saturated heterocycles. The Morgan fingerprint density at radius 3 is 2.35 bits per heavy atom. The summed E-state index contributed by atoms with van der Waals surface area (Å²) in [5.41, 5.74) is 3.35. The zero-order valence-corrected chi connectivity index (χ0v) is 15.0. The smallest absolute Gasteiger partial charge is 0.251 e. The molecule has 3 aromatic rings. The summed E-state index contributed by atoms with van der Waals surface area (Å²) in [4.78, 5) is 12.5. The molecule has 0 bridgehead atoms. The number of aromatic nitrogens is 1. The SMILES string of the molecule is Cc1ccc(C(=O)NCc2ccc(S(N)(=O)=O)cc2)cc1-n1cccc1. The van der Waals surface area contributed by atoms with Gasteiger partial charge in [-0.2, -0.15) is 0 Å². The third-order valence-corrected chi connectivity index (χ3v) is 4.99. The van der Waals surface area contributed by atoms with E-state index in [1.807, 2.05) is 48.1 Å². The molecule has 7 heteroatoms. The van der Waals surface area contributed by atoms with Gasteiger partial charge in [-0.1, -0.05) is 18.2 Å². The largest absolute Gasteiger partial charge is 0.348 e. The summed E-state index contributed by atoms with van der Waals surface area (Å²) in [6.07, 6.45) is 3.86. The Morgan fingerprint density at radius 1 is 1.08 bits per heavy atom. The quantitative estimate of drug-likeness (QED) is 0.723. The van der Waals surface area contributed by atoms with Gasteiger partial charge < -0.3 is 9.88 Å². The number of nitrogens with two attached hydrogens (primary N) is 1. The van der Waals surface area contributed by atoms with Crippen molar-refractivity contribution in [1.82, 2.24) is 9.88 Å². The second-order valence-corrected chi connectivity index (χ2v) is 7.52. The van der Waals surface area contributed by atoms with Crippen molar-refractivity contribution in [2.45, 2.75) is 18.4 Å². The minimum atomic E-state index is -3.71. The highest BCUT2D eigenvalue weighted by molar-refractivity contribution is 7.89. The van der Waals surface area contributed by atoms with E-state index in [2.05, 4.69) is 5.32 Å². The number of carbonyl (C=O) groups excluding carboxylic acids is 1. The van der Waals surface area contributed by atoms with Crippen LogP contribution in [-0.2, 0) is 16.6 Å². The van der Waals surface area contributed by atoms with Crippen LogP contribution in [0.2, 0.25) is 0 Å². The lowest BCUT2D eigenvalue weighted by Crippen LogP contribution is -2.23. The zero-order chi connectivity index (χ0) is 18.7. The predicted octanol–water partition coefficient (Wildman–Crippen LogP) is 2.36. The monoisotopic (exact) mass is 369 g/mol. The van der Waals surface area contributed by atoms with Crippen molar-refractivity contribution >= 4 is 15.9 Å². The number of benzene rings is 2. The first kappa shape index (κ1) is 17.9. The van der Waals surface area contributed by atoms with Gasteiger partial charge in [-0.15, -0.1) is 0 Å². The molecule has 6 nitrogen and oxygen atoms in total. The molecule has 0 radical (unpaired) electrons. The standard InChI is InChI=1S/C19H19N3O3S/c1-14-4-7-16(12-18(14)22-10-2-3-11-22)19(23)21-13-15-5-8-17(9-6-15)26(20,24)25/h2-12H,13H2,1H3,(H,21,23)(H2,20,24,25). The molecule has 3 N–H and O–H groups in total. The van der Waals surface area contributed by atoms with Crippen molar-refractivity contribution in [1.29, 1.82) is 0 Å². The highest BCUT2D eigenvalue weighted by Crippen LogP contribution is 2.17. The van der Waals surface area contributed by atoms with Crippen LogP contribution in [0.4, 0.5) is 0 Å². The van der Waals surface area contributed by atoms with Crippen molar-refractivity contribution in [2.75, 3.05) is 0 Å². The lowest BCUT2D eigenvalue weighted by atomic mass is 10.1. The molecule has 0 aliphatic rings. The summed E-state index contributed by atoms with van der Waals surface area (Å²) in [6.45, 7) is 2.28. The molecule has 1 aromatic heterocycles. The lowest BCUT2D eigenvalue weighted by molar-refractivity contribution is 0.0951. The van der Waals surface area contributed by atoms with Crippen LogP contribution in [0.5, 0.6) is 0 Å². The van der Waals surface area contributed by atoms with Crippen molar-refractivity contribution < 1.29 is 13.2 Å². The van der Waals surface area contributed by atoms with Gasteiger partial charge >= 0.3 is 0 Å². The van der Waals surface area contributed by atoms with Gasteiger partial charge in [0, 0.05) is 30.2 Å². The number of nitrogens with one attached hydrogen (secondary N) is 1. The number of hydrogen-bond acceptors (Lipinski definition) is 3. The predicted molar refractivity (Wildman–Crippen MR) is 99.5 cm³/mol. The summed E-state index contributed by atoms with van der Waals surface area (Å²) >= 11 is 0. The van der Waals surface area contributed by atoms with E-state index in [9.17, 15) is 13.2 Å². The van der Waals surface area contributed by atoms with Gasteiger partial charge in [0.1, 0.15) is 0 Å². The van der Waals surface area contributed by atoms with Crippen LogP contribution in [0, 0.1) is 6.92 Å². The maximum absolute atomic E-state index is 12.4. The van der Waals surface area contributed by atoms with E-state index < -0.39 is 10.0 Å². The molecule has 3 rings (SSSR count). The van der Waals surface area contributed by atoms with Crippen LogP contribution in [0.3, 0.4) is 0 Å². The summed E-state index contributed by atoms with van der Waals surface area (Å²) in [7, 11) is -3.71.